The van der Waals surface area contributed by atoms with Crippen LogP contribution in [0.15, 0.2) is 61.1 Å². The molecule has 2 saturated heterocycles. The molecule has 0 spiro atoms. The van der Waals surface area contributed by atoms with Gasteiger partial charge in [0.2, 0.25) is 5.95 Å². The van der Waals surface area contributed by atoms with Crippen LogP contribution in [-0.4, -0.2) is 91.0 Å². The molecule has 2 aliphatic heterocycles. The van der Waals surface area contributed by atoms with E-state index < -0.39 is 5.97 Å². The number of fused-ring (bicyclic) bond motifs is 1. The van der Waals surface area contributed by atoms with Crippen LogP contribution in [0, 0.1) is 6.92 Å². The second-order valence-corrected chi connectivity index (χ2v) is 10.1. The molecule has 0 aliphatic carbocycles. The SMILES string of the molecule is Cc1cccc(-c2nccc(Nc3ccnc(Nc4ccc(C(=O)OCCN5CCN6CCCC6C5)nc4)n3)n2)n1. The smallest absolute Gasteiger partial charge is 0.356 e. The zero-order valence-electron chi connectivity index (χ0n) is 22.9. The van der Waals surface area contributed by atoms with Crippen LogP contribution in [0.25, 0.3) is 11.5 Å². The summed E-state index contributed by atoms with van der Waals surface area (Å²) in [4.78, 5) is 43.9. The van der Waals surface area contributed by atoms with Crippen molar-refractivity contribution in [2.24, 2.45) is 0 Å². The summed E-state index contributed by atoms with van der Waals surface area (Å²) in [6.07, 6.45) is 7.42. The van der Waals surface area contributed by atoms with E-state index in [-0.39, 0.29) is 5.69 Å². The standard InChI is InChI=1S/C29H32N10O2/c1-20-4-2-6-23(33-20)27-30-11-9-25(36-27)35-26-10-12-31-29(37-26)34-21-7-8-24(32-18-21)28(40)41-17-16-38-14-15-39-13-3-5-22(39)19-38/h2,4,6-12,18,22H,3,5,13-17,19H2,1H3,(H2,30,31,34,35,36,37). The lowest BCUT2D eigenvalue weighted by atomic mass is 10.1. The summed E-state index contributed by atoms with van der Waals surface area (Å²) in [6.45, 7) is 7.43. The van der Waals surface area contributed by atoms with Crippen molar-refractivity contribution in [2.45, 2.75) is 25.8 Å². The van der Waals surface area contributed by atoms with Crippen molar-refractivity contribution in [3.8, 4) is 11.5 Å². The van der Waals surface area contributed by atoms with E-state index in [9.17, 15) is 4.79 Å². The van der Waals surface area contributed by atoms with E-state index >= 15 is 0 Å². The first kappa shape index (κ1) is 26.7. The maximum Gasteiger partial charge on any atom is 0.356 e. The molecule has 2 N–H and O–H groups in total. The normalized spacial score (nSPS) is 17.1. The zero-order valence-corrected chi connectivity index (χ0v) is 22.9. The summed E-state index contributed by atoms with van der Waals surface area (Å²) in [5.41, 5.74) is 2.49. The molecule has 2 aliphatic rings. The Bertz CT molecular complexity index is 1500. The number of carbonyl (C=O) groups is 1. The lowest BCUT2D eigenvalue weighted by molar-refractivity contribution is 0.0388. The third-order valence-corrected chi connectivity index (χ3v) is 7.23. The fourth-order valence-corrected chi connectivity index (χ4v) is 5.16. The third-order valence-electron chi connectivity index (χ3n) is 7.23. The van der Waals surface area contributed by atoms with Gasteiger partial charge in [0.05, 0.1) is 11.9 Å². The number of carbonyl (C=O) groups excluding carboxylic acids is 1. The average Bonchev–Trinajstić information content (AvgIpc) is 3.46. The van der Waals surface area contributed by atoms with Gasteiger partial charge in [-0.25, -0.2) is 29.7 Å². The number of hydrogen-bond donors (Lipinski definition) is 2. The van der Waals surface area contributed by atoms with Gasteiger partial charge in [0.25, 0.3) is 0 Å². The molecule has 0 radical (unpaired) electrons. The van der Waals surface area contributed by atoms with Crippen molar-refractivity contribution in [1.82, 2.24) is 39.7 Å². The molecule has 4 aromatic rings. The van der Waals surface area contributed by atoms with Gasteiger partial charge in [-0.3, -0.25) is 9.80 Å². The van der Waals surface area contributed by atoms with Crippen LogP contribution in [0.2, 0.25) is 0 Å². The Kier molecular flexibility index (Phi) is 8.01. The highest BCUT2D eigenvalue weighted by Gasteiger charge is 2.30. The number of anilines is 4. The third kappa shape index (κ3) is 6.79. The predicted molar refractivity (Wildman–Crippen MR) is 154 cm³/mol. The van der Waals surface area contributed by atoms with Crippen LogP contribution in [0.5, 0.6) is 0 Å². The molecule has 6 rings (SSSR count). The topological polar surface area (TPSA) is 134 Å². The molecule has 12 heteroatoms. The van der Waals surface area contributed by atoms with Gasteiger partial charge in [-0.05, 0) is 62.7 Å². The number of aromatic nitrogens is 6. The molecule has 1 unspecified atom stereocenters. The summed E-state index contributed by atoms with van der Waals surface area (Å²) in [5, 5.41) is 6.29. The summed E-state index contributed by atoms with van der Waals surface area (Å²) >= 11 is 0. The van der Waals surface area contributed by atoms with Crippen molar-refractivity contribution in [3.05, 3.63) is 72.4 Å². The van der Waals surface area contributed by atoms with E-state index in [1.807, 2.05) is 25.1 Å². The molecule has 0 amide bonds. The van der Waals surface area contributed by atoms with Gasteiger partial charge in [-0.2, -0.15) is 4.98 Å². The van der Waals surface area contributed by atoms with Gasteiger partial charge < -0.3 is 15.4 Å². The average molecular weight is 553 g/mol. The predicted octanol–water partition coefficient (Wildman–Crippen LogP) is 3.46. The fourth-order valence-electron chi connectivity index (χ4n) is 5.16. The van der Waals surface area contributed by atoms with Gasteiger partial charge in [0.1, 0.15) is 29.6 Å². The van der Waals surface area contributed by atoms with Crippen molar-refractivity contribution in [1.29, 1.82) is 0 Å². The van der Waals surface area contributed by atoms with Gasteiger partial charge in [0, 0.05) is 50.3 Å². The first-order valence-corrected chi connectivity index (χ1v) is 13.8. The fraction of sp³-hybridized carbons (Fsp3) is 0.345. The number of aryl methyl sites for hydroxylation is 1. The highest BCUT2D eigenvalue weighted by atomic mass is 16.5. The maximum absolute atomic E-state index is 12.5. The Hall–Kier alpha value is -4.55. The molecule has 4 aromatic heterocycles. The molecular weight excluding hydrogens is 520 g/mol. The number of nitrogens with zero attached hydrogens (tertiary/aromatic N) is 8. The van der Waals surface area contributed by atoms with E-state index in [2.05, 4.69) is 50.3 Å². The van der Waals surface area contributed by atoms with Crippen LogP contribution in [0.4, 0.5) is 23.3 Å². The highest BCUT2D eigenvalue weighted by molar-refractivity contribution is 5.87. The molecule has 12 nitrogen and oxygen atoms in total. The van der Waals surface area contributed by atoms with E-state index in [4.69, 9.17) is 4.74 Å². The Morgan fingerprint density at radius 2 is 1.83 bits per heavy atom. The van der Waals surface area contributed by atoms with Gasteiger partial charge in [-0.15, -0.1) is 0 Å². The minimum Gasteiger partial charge on any atom is -0.460 e. The van der Waals surface area contributed by atoms with E-state index in [0.717, 1.165) is 31.9 Å². The van der Waals surface area contributed by atoms with Crippen LogP contribution >= 0.6 is 0 Å². The zero-order chi connectivity index (χ0) is 28.0. The summed E-state index contributed by atoms with van der Waals surface area (Å²) < 4.78 is 5.49. The summed E-state index contributed by atoms with van der Waals surface area (Å²) in [6, 6.07) is 13.2. The second-order valence-electron chi connectivity index (χ2n) is 10.1. The number of rotatable bonds is 9. The van der Waals surface area contributed by atoms with Crippen molar-refractivity contribution < 1.29 is 9.53 Å². The number of hydrogen-bond acceptors (Lipinski definition) is 12. The lowest BCUT2D eigenvalue weighted by Gasteiger charge is -2.37. The molecule has 6 heterocycles. The Labute approximate surface area is 238 Å². The lowest BCUT2D eigenvalue weighted by Crippen LogP contribution is -2.50. The quantitative estimate of drug-likeness (QED) is 0.295. The van der Waals surface area contributed by atoms with Crippen LogP contribution in [-0.2, 0) is 4.74 Å². The van der Waals surface area contributed by atoms with Crippen LogP contribution in [0.1, 0.15) is 29.0 Å². The summed E-state index contributed by atoms with van der Waals surface area (Å²) in [7, 11) is 0. The van der Waals surface area contributed by atoms with E-state index in [0.29, 0.717) is 47.4 Å². The molecule has 210 valence electrons. The summed E-state index contributed by atoms with van der Waals surface area (Å²) in [5.74, 6) is 1.58. The molecule has 1 atom stereocenters. The van der Waals surface area contributed by atoms with Crippen molar-refractivity contribution >= 4 is 29.2 Å². The molecule has 0 bridgehead atoms. The van der Waals surface area contributed by atoms with Gasteiger partial charge in [-0.1, -0.05) is 6.07 Å². The van der Waals surface area contributed by atoms with E-state index in [1.165, 1.54) is 19.4 Å². The van der Waals surface area contributed by atoms with Crippen molar-refractivity contribution in [2.75, 3.05) is 50.0 Å². The number of pyridine rings is 2. The second kappa shape index (κ2) is 12.3. The van der Waals surface area contributed by atoms with Crippen LogP contribution < -0.4 is 10.6 Å². The number of nitrogens with one attached hydrogen (secondary N) is 2. The monoisotopic (exact) mass is 552 g/mol. The Balaban J connectivity index is 1.01. The number of piperazine rings is 1. The Morgan fingerprint density at radius 3 is 2.68 bits per heavy atom. The number of esters is 1. The minimum atomic E-state index is -0.427. The first-order valence-electron chi connectivity index (χ1n) is 13.8. The first-order chi connectivity index (χ1) is 20.1. The highest BCUT2D eigenvalue weighted by Crippen LogP contribution is 2.22. The largest absolute Gasteiger partial charge is 0.460 e. The molecule has 2 fully saturated rings. The molecule has 0 aromatic carbocycles. The maximum atomic E-state index is 12.5. The Morgan fingerprint density at radius 1 is 0.951 bits per heavy atom. The van der Waals surface area contributed by atoms with Gasteiger partial charge in [0.15, 0.2) is 5.82 Å². The number of ether oxygens (including phenoxy) is 1. The van der Waals surface area contributed by atoms with Crippen molar-refractivity contribution in [3.63, 3.8) is 0 Å². The van der Waals surface area contributed by atoms with Crippen LogP contribution in [0.3, 0.4) is 0 Å². The molecule has 0 saturated carbocycles. The molecular formula is C29H32N10O2. The molecule has 41 heavy (non-hydrogen) atoms. The van der Waals surface area contributed by atoms with E-state index in [1.54, 1.807) is 42.9 Å². The minimum absolute atomic E-state index is 0.259. The van der Waals surface area contributed by atoms with Gasteiger partial charge >= 0.3 is 5.97 Å².